The second-order valence-corrected chi connectivity index (χ2v) is 8.42. The molecule has 1 N–H and O–H groups in total. The zero-order valence-corrected chi connectivity index (χ0v) is 17.5. The van der Waals surface area contributed by atoms with Crippen molar-refractivity contribution in [2.24, 2.45) is 0 Å². The van der Waals surface area contributed by atoms with E-state index >= 15 is 0 Å². The van der Waals surface area contributed by atoms with Gasteiger partial charge in [-0.15, -0.1) is 0 Å². The van der Waals surface area contributed by atoms with Crippen LogP contribution in [0.1, 0.15) is 47.4 Å². The average molecular weight is 411 g/mol. The van der Waals surface area contributed by atoms with Crippen molar-refractivity contribution in [1.82, 2.24) is 0 Å². The SMILES string of the molecule is O=C(CC(c1ccccc1)c1ccccc1)Nc1cc2c3c(c1)CCC(=O)N3CCC2. The zero-order valence-electron chi connectivity index (χ0n) is 17.5. The Morgan fingerprint density at radius 3 is 2.13 bits per heavy atom. The summed E-state index contributed by atoms with van der Waals surface area (Å²) in [6, 6.07) is 24.5. The van der Waals surface area contributed by atoms with Gasteiger partial charge < -0.3 is 10.2 Å². The fourth-order valence-corrected chi connectivity index (χ4v) is 4.92. The van der Waals surface area contributed by atoms with Crippen LogP contribution in [0.5, 0.6) is 0 Å². The van der Waals surface area contributed by atoms with Gasteiger partial charge in [-0.2, -0.15) is 0 Å². The molecule has 2 aliphatic rings. The first-order chi connectivity index (χ1) is 15.2. The predicted octanol–water partition coefficient (Wildman–Crippen LogP) is 5.07. The average Bonchev–Trinajstić information content (AvgIpc) is 2.81. The van der Waals surface area contributed by atoms with Gasteiger partial charge in [0.1, 0.15) is 0 Å². The van der Waals surface area contributed by atoms with Gasteiger partial charge in [-0.25, -0.2) is 0 Å². The lowest BCUT2D eigenvalue weighted by molar-refractivity contribution is -0.119. The quantitative estimate of drug-likeness (QED) is 0.638. The summed E-state index contributed by atoms with van der Waals surface area (Å²) in [5.41, 5.74) is 6.56. The maximum atomic E-state index is 13.1. The minimum Gasteiger partial charge on any atom is -0.326 e. The maximum Gasteiger partial charge on any atom is 0.227 e. The molecule has 0 aromatic heterocycles. The topological polar surface area (TPSA) is 49.4 Å². The molecular weight excluding hydrogens is 384 g/mol. The molecule has 5 rings (SSSR count). The molecule has 0 saturated carbocycles. The molecule has 0 spiro atoms. The molecule has 3 aromatic carbocycles. The van der Waals surface area contributed by atoms with Crippen molar-refractivity contribution in [3.63, 3.8) is 0 Å². The Balaban J connectivity index is 1.39. The van der Waals surface area contributed by atoms with E-state index in [9.17, 15) is 9.59 Å². The normalized spacial score (nSPS) is 15.0. The van der Waals surface area contributed by atoms with E-state index in [0.29, 0.717) is 12.8 Å². The molecule has 3 aromatic rings. The summed E-state index contributed by atoms with van der Waals surface area (Å²) in [7, 11) is 0. The van der Waals surface area contributed by atoms with Crippen LogP contribution in [0.15, 0.2) is 72.8 Å². The van der Waals surface area contributed by atoms with Crippen LogP contribution >= 0.6 is 0 Å². The Labute approximate surface area is 182 Å². The molecule has 2 aliphatic heterocycles. The molecule has 0 unspecified atom stereocenters. The number of carbonyl (C=O) groups is 2. The molecular formula is C27H26N2O2. The van der Waals surface area contributed by atoms with Crippen LogP contribution in [0.4, 0.5) is 11.4 Å². The molecule has 0 aliphatic carbocycles. The first-order valence-corrected chi connectivity index (χ1v) is 11.0. The molecule has 0 radical (unpaired) electrons. The van der Waals surface area contributed by atoms with Gasteiger partial charge in [0.05, 0.1) is 5.69 Å². The highest BCUT2D eigenvalue weighted by atomic mass is 16.2. The predicted molar refractivity (Wildman–Crippen MR) is 123 cm³/mol. The molecule has 2 heterocycles. The van der Waals surface area contributed by atoms with Gasteiger partial charge in [0.2, 0.25) is 11.8 Å². The van der Waals surface area contributed by atoms with Crippen LogP contribution in [-0.4, -0.2) is 18.4 Å². The summed E-state index contributed by atoms with van der Waals surface area (Å²) in [6.07, 6.45) is 3.60. The van der Waals surface area contributed by atoms with Gasteiger partial charge in [-0.1, -0.05) is 60.7 Å². The van der Waals surface area contributed by atoms with Gasteiger partial charge in [0.25, 0.3) is 0 Å². The van der Waals surface area contributed by atoms with E-state index in [-0.39, 0.29) is 17.7 Å². The highest BCUT2D eigenvalue weighted by Crippen LogP contribution is 2.38. The van der Waals surface area contributed by atoms with Gasteiger partial charge in [0.15, 0.2) is 0 Å². The van der Waals surface area contributed by atoms with Crippen molar-refractivity contribution in [3.05, 3.63) is 95.1 Å². The summed E-state index contributed by atoms with van der Waals surface area (Å²) in [5.74, 6) is 0.231. The molecule has 0 atom stereocenters. The molecule has 2 amide bonds. The maximum absolute atomic E-state index is 13.1. The fourth-order valence-electron chi connectivity index (χ4n) is 4.92. The number of benzene rings is 3. The lowest BCUT2D eigenvalue weighted by atomic mass is 9.88. The van der Waals surface area contributed by atoms with Crippen molar-refractivity contribution in [2.75, 3.05) is 16.8 Å². The Morgan fingerprint density at radius 1 is 0.871 bits per heavy atom. The largest absolute Gasteiger partial charge is 0.326 e. The fraction of sp³-hybridized carbons (Fsp3) is 0.259. The van der Waals surface area contributed by atoms with E-state index in [1.54, 1.807) is 0 Å². The summed E-state index contributed by atoms with van der Waals surface area (Å²) >= 11 is 0. The van der Waals surface area contributed by atoms with Crippen LogP contribution in [-0.2, 0) is 22.4 Å². The number of rotatable bonds is 5. The Morgan fingerprint density at radius 2 is 1.48 bits per heavy atom. The highest BCUT2D eigenvalue weighted by molar-refractivity contribution is 5.99. The molecule has 31 heavy (non-hydrogen) atoms. The van der Waals surface area contributed by atoms with E-state index in [0.717, 1.165) is 48.3 Å². The van der Waals surface area contributed by atoms with Crippen molar-refractivity contribution >= 4 is 23.2 Å². The zero-order chi connectivity index (χ0) is 21.2. The van der Waals surface area contributed by atoms with Crippen LogP contribution < -0.4 is 10.2 Å². The lowest BCUT2D eigenvalue weighted by Gasteiger charge is -2.35. The Hall–Kier alpha value is -3.40. The number of nitrogens with one attached hydrogen (secondary N) is 1. The number of aryl methyl sites for hydroxylation is 2. The lowest BCUT2D eigenvalue weighted by Crippen LogP contribution is -2.39. The van der Waals surface area contributed by atoms with E-state index < -0.39 is 0 Å². The summed E-state index contributed by atoms with van der Waals surface area (Å²) < 4.78 is 0. The van der Waals surface area contributed by atoms with Crippen molar-refractivity contribution < 1.29 is 9.59 Å². The molecule has 4 heteroatoms. The number of hydrogen-bond acceptors (Lipinski definition) is 2. The Kier molecular flexibility index (Phi) is 5.29. The first kappa shape index (κ1) is 19.6. The van der Waals surface area contributed by atoms with E-state index in [2.05, 4.69) is 41.7 Å². The van der Waals surface area contributed by atoms with Gasteiger partial charge in [-0.05, 0) is 53.6 Å². The van der Waals surface area contributed by atoms with E-state index in [1.807, 2.05) is 41.3 Å². The molecule has 156 valence electrons. The van der Waals surface area contributed by atoms with Gasteiger partial charge in [0, 0.05) is 31.0 Å². The standard InChI is InChI=1S/C27H26N2O2/c30-25(18-24(19-8-3-1-4-9-19)20-10-5-2-6-11-20)28-23-16-21-12-7-15-29-26(31)14-13-22(17-23)27(21)29/h1-6,8-11,16-17,24H,7,12-15,18H2,(H,28,30). The van der Waals surface area contributed by atoms with Crippen LogP contribution in [0.3, 0.4) is 0 Å². The molecule has 0 fully saturated rings. The molecule has 0 saturated heterocycles. The summed E-state index contributed by atoms with van der Waals surface area (Å²) in [6.45, 7) is 0.806. The first-order valence-electron chi connectivity index (χ1n) is 11.0. The van der Waals surface area contributed by atoms with E-state index in [4.69, 9.17) is 0 Å². The van der Waals surface area contributed by atoms with Crippen LogP contribution in [0.2, 0.25) is 0 Å². The Bertz CT molecular complexity index is 1050. The second kappa shape index (κ2) is 8.38. The monoisotopic (exact) mass is 410 g/mol. The minimum atomic E-state index is 0.00408. The number of nitrogens with zero attached hydrogens (tertiary/aromatic N) is 1. The number of anilines is 2. The van der Waals surface area contributed by atoms with Gasteiger partial charge >= 0.3 is 0 Å². The van der Waals surface area contributed by atoms with Gasteiger partial charge in [-0.3, -0.25) is 9.59 Å². The summed E-state index contributed by atoms with van der Waals surface area (Å²) in [5, 5.41) is 3.14. The third kappa shape index (κ3) is 3.98. The van der Waals surface area contributed by atoms with Crippen molar-refractivity contribution in [2.45, 2.75) is 38.0 Å². The molecule has 0 bridgehead atoms. The second-order valence-electron chi connectivity index (χ2n) is 8.42. The molecule has 4 nitrogen and oxygen atoms in total. The highest BCUT2D eigenvalue weighted by Gasteiger charge is 2.30. The minimum absolute atomic E-state index is 0.00408. The van der Waals surface area contributed by atoms with Crippen molar-refractivity contribution in [3.8, 4) is 0 Å². The van der Waals surface area contributed by atoms with Crippen LogP contribution in [0.25, 0.3) is 0 Å². The van der Waals surface area contributed by atoms with Crippen molar-refractivity contribution in [1.29, 1.82) is 0 Å². The van der Waals surface area contributed by atoms with E-state index in [1.165, 1.54) is 11.1 Å². The third-order valence-corrected chi connectivity index (χ3v) is 6.35. The van der Waals surface area contributed by atoms with Crippen LogP contribution in [0, 0.1) is 0 Å². The number of carbonyl (C=O) groups excluding carboxylic acids is 2. The number of amides is 2. The summed E-state index contributed by atoms with van der Waals surface area (Å²) in [4.78, 5) is 27.3. The number of hydrogen-bond donors (Lipinski definition) is 1. The smallest absolute Gasteiger partial charge is 0.227 e. The third-order valence-electron chi connectivity index (χ3n) is 6.35.